The molecule has 6 amide bonds. The van der Waals surface area contributed by atoms with E-state index in [1.165, 1.54) is 18.9 Å². The molecule has 4 N–H and O–H groups in total. The molecule has 68 heavy (non-hydrogen) atoms. The lowest BCUT2D eigenvalue weighted by atomic mass is 9.88. The Morgan fingerprint density at radius 2 is 1.41 bits per heavy atom. The number of hydrogen-bond acceptors (Lipinski definition) is 11. The van der Waals surface area contributed by atoms with Gasteiger partial charge in [0.1, 0.15) is 41.1 Å². The van der Waals surface area contributed by atoms with Gasteiger partial charge in [0.25, 0.3) is 0 Å². The molecule has 17 heteroatoms. The molecule has 2 fully saturated rings. The zero-order valence-corrected chi connectivity index (χ0v) is 43.5. The van der Waals surface area contributed by atoms with Gasteiger partial charge in [0.2, 0.25) is 35.4 Å². The Labute approximate surface area is 404 Å². The van der Waals surface area contributed by atoms with E-state index >= 15 is 0 Å². The molecule has 2 heterocycles. The highest BCUT2D eigenvalue weighted by Crippen LogP contribution is 2.27. The van der Waals surface area contributed by atoms with Gasteiger partial charge in [-0.05, 0) is 132 Å². The minimum Gasteiger partial charge on any atom is -0.488 e. The highest BCUT2D eigenvalue weighted by atomic mass is 16.6. The van der Waals surface area contributed by atoms with Crippen LogP contribution in [-0.2, 0) is 54.3 Å². The van der Waals surface area contributed by atoms with Gasteiger partial charge in [-0.25, -0.2) is 0 Å². The van der Waals surface area contributed by atoms with Crippen LogP contribution in [0.15, 0.2) is 24.3 Å². The summed E-state index contributed by atoms with van der Waals surface area (Å²) in [6.07, 6.45) is 0.180. The number of esters is 1. The number of nitrogens with one attached hydrogen (secondary N) is 4. The second-order valence-electron chi connectivity index (χ2n) is 21.9. The molecule has 0 aliphatic carbocycles. The van der Waals surface area contributed by atoms with E-state index in [1.807, 2.05) is 86.6 Å². The number of likely N-dealkylation sites (tertiary alicyclic amines) is 2. The van der Waals surface area contributed by atoms with Gasteiger partial charge >= 0.3 is 5.97 Å². The van der Waals surface area contributed by atoms with Crippen molar-refractivity contribution in [3.8, 4) is 5.75 Å². The standard InChI is InChI=1S/C51H82N6O11/c1-30(2)27-35(44(61)53-32(4)43(60)52-15)29-40(58)37(22-23-41(59)68-51(12,13)14)54-45(62)38-17-16-25-56(38)48(65)42(33(5)66-49(6,7)8)55-46(63)39(57-26-24-31(3)47(57)64)28-34-18-20-36(21-19-34)67-50(9,10)11/h18-21,30-33,35,37-39,42H,16-17,22-29H2,1-15H3,(H,52,60)(H,53,61)(H,54,62)(H,55,63)/t31-,32-,33-,35+,37-,38-,39-,42-/m1/s1. The molecule has 1 aromatic carbocycles. The highest BCUT2D eigenvalue weighted by molar-refractivity contribution is 5.98. The molecule has 0 saturated carbocycles. The lowest BCUT2D eigenvalue weighted by Gasteiger charge is -2.36. The van der Waals surface area contributed by atoms with Crippen LogP contribution < -0.4 is 26.0 Å². The van der Waals surface area contributed by atoms with Crippen molar-refractivity contribution < 1.29 is 52.6 Å². The van der Waals surface area contributed by atoms with Crippen LogP contribution in [0.3, 0.4) is 0 Å². The van der Waals surface area contributed by atoms with Gasteiger partial charge in [0.05, 0.1) is 17.7 Å². The van der Waals surface area contributed by atoms with Crippen molar-refractivity contribution >= 4 is 47.2 Å². The average molecular weight is 955 g/mol. The number of hydrogen-bond donors (Lipinski definition) is 4. The predicted octanol–water partition coefficient (Wildman–Crippen LogP) is 4.80. The van der Waals surface area contributed by atoms with E-state index in [0.29, 0.717) is 31.6 Å². The Hall–Kier alpha value is -5.06. The van der Waals surface area contributed by atoms with Crippen molar-refractivity contribution in [3.63, 3.8) is 0 Å². The van der Waals surface area contributed by atoms with Crippen LogP contribution in [0.5, 0.6) is 5.75 Å². The fourth-order valence-corrected chi connectivity index (χ4v) is 8.60. The topological polar surface area (TPSA) is 219 Å². The average Bonchev–Trinajstić information content (AvgIpc) is 3.84. The van der Waals surface area contributed by atoms with E-state index in [1.54, 1.807) is 32.6 Å². The number of ketones is 1. The number of benzene rings is 1. The summed E-state index contributed by atoms with van der Waals surface area (Å²) >= 11 is 0. The maximum absolute atomic E-state index is 14.9. The Morgan fingerprint density at radius 3 is 1.94 bits per heavy atom. The minimum absolute atomic E-state index is 0.00507. The first-order valence-electron chi connectivity index (χ1n) is 24.3. The second kappa shape index (κ2) is 24.5. The number of carbonyl (C=O) groups is 8. The van der Waals surface area contributed by atoms with E-state index in [2.05, 4.69) is 21.3 Å². The Morgan fingerprint density at radius 1 is 0.779 bits per heavy atom. The molecule has 0 unspecified atom stereocenters. The van der Waals surface area contributed by atoms with Crippen LogP contribution in [0.25, 0.3) is 0 Å². The van der Waals surface area contributed by atoms with Crippen molar-refractivity contribution in [2.24, 2.45) is 17.8 Å². The summed E-state index contributed by atoms with van der Waals surface area (Å²) < 4.78 is 17.8. The summed E-state index contributed by atoms with van der Waals surface area (Å²) in [5.41, 5.74) is -1.19. The molecule has 3 rings (SSSR count). The summed E-state index contributed by atoms with van der Waals surface area (Å²) in [6.45, 7) is 25.8. The molecule has 17 nitrogen and oxygen atoms in total. The maximum atomic E-state index is 14.9. The van der Waals surface area contributed by atoms with Gasteiger partial charge in [0, 0.05) is 51.2 Å². The molecule has 0 radical (unpaired) electrons. The summed E-state index contributed by atoms with van der Waals surface area (Å²) in [4.78, 5) is 113. The van der Waals surface area contributed by atoms with Gasteiger partial charge in [-0.1, -0.05) is 32.9 Å². The number of ether oxygens (including phenoxy) is 3. The van der Waals surface area contributed by atoms with Crippen LogP contribution in [0.1, 0.15) is 147 Å². The van der Waals surface area contributed by atoms with Crippen LogP contribution in [0.4, 0.5) is 0 Å². The number of likely N-dealkylation sites (N-methyl/N-ethyl adjacent to an activating group) is 1. The molecule has 382 valence electrons. The molecule has 0 aromatic heterocycles. The van der Waals surface area contributed by atoms with E-state index in [4.69, 9.17) is 14.2 Å². The molecule has 8 atom stereocenters. The zero-order chi connectivity index (χ0) is 51.5. The molecule has 0 spiro atoms. The van der Waals surface area contributed by atoms with Gasteiger partial charge in [-0.3, -0.25) is 38.4 Å². The van der Waals surface area contributed by atoms with Crippen molar-refractivity contribution in [1.29, 1.82) is 0 Å². The SMILES string of the molecule is CNC(=O)[C@@H](C)NC(=O)[C@H](CC(=O)[C@@H](CCC(=O)OC(C)(C)C)NC(=O)[C@H]1CCCN1C(=O)[C@H](NC(=O)[C@@H](Cc1ccc(OC(C)(C)C)cc1)N1CC[C@@H](C)C1=O)[C@@H](C)OC(C)(C)C)CC(C)C. The van der Waals surface area contributed by atoms with Crippen LogP contribution in [0.2, 0.25) is 0 Å². The molecule has 2 aliphatic rings. The Bertz CT molecular complexity index is 1930. The number of rotatable bonds is 22. The molecule has 2 aliphatic heterocycles. The van der Waals surface area contributed by atoms with Crippen molar-refractivity contribution in [1.82, 2.24) is 31.1 Å². The Kier molecular flexibility index (Phi) is 20.6. The van der Waals surface area contributed by atoms with Crippen LogP contribution in [-0.4, -0.2) is 130 Å². The lowest BCUT2D eigenvalue weighted by molar-refractivity contribution is -0.155. The fourth-order valence-electron chi connectivity index (χ4n) is 8.60. The van der Waals surface area contributed by atoms with Crippen molar-refractivity contribution in [2.45, 2.75) is 201 Å². The first-order chi connectivity index (χ1) is 31.4. The van der Waals surface area contributed by atoms with Crippen molar-refractivity contribution in [3.05, 3.63) is 29.8 Å². The minimum atomic E-state index is -1.28. The quantitative estimate of drug-likeness (QED) is 0.116. The van der Waals surface area contributed by atoms with Gasteiger partial charge in [-0.2, -0.15) is 0 Å². The fraction of sp³-hybridized carbons (Fsp3) is 0.725. The molecular weight excluding hydrogens is 873 g/mol. The third kappa shape index (κ3) is 18.1. The zero-order valence-electron chi connectivity index (χ0n) is 43.5. The van der Waals surface area contributed by atoms with Crippen LogP contribution >= 0.6 is 0 Å². The van der Waals surface area contributed by atoms with E-state index in [0.717, 1.165) is 5.56 Å². The normalized spacial score (nSPS) is 19.3. The number of Topliss-reactive ketones (excluding diaryl/α,β-unsaturated/α-hetero) is 1. The van der Waals surface area contributed by atoms with Gasteiger partial charge in [0.15, 0.2) is 5.78 Å². The third-order valence-electron chi connectivity index (χ3n) is 11.7. The van der Waals surface area contributed by atoms with Gasteiger partial charge in [-0.15, -0.1) is 0 Å². The molecule has 2 saturated heterocycles. The van der Waals surface area contributed by atoms with Gasteiger partial charge < -0.3 is 45.3 Å². The van der Waals surface area contributed by atoms with E-state index in [9.17, 15) is 38.4 Å². The predicted molar refractivity (Wildman–Crippen MR) is 258 cm³/mol. The maximum Gasteiger partial charge on any atom is 0.306 e. The lowest BCUT2D eigenvalue weighted by Crippen LogP contribution is -2.61. The second-order valence-corrected chi connectivity index (χ2v) is 21.9. The van der Waals surface area contributed by atoms with E-state index < -0.39 is 100 Å². The number of nitrogens with zero attached hydrogens (tertiary/aromatic N) is 2. The Balaban J connectivity index is 1.96. The molecule has 1 aromatic rings. The summed E-state index contributed by atoms with van der Waals surface area (Å²) in [6, 6.07) is 1.93. The summed E-state index contributed by atoms with van der Waals surface area (Å²) in [5, 5.41) is 11.0. The third-order valence-corrected chi connectivity index (χ3v) is 11.7. The number of carbonyl (C=O) groups excluding carboxylic acids is 8. The molecular formula is C51H82N6O11. The number of amides is 6. The van der Waals surface area contributed by atoms with Crippen LogP contribution in [0, 0.1) is 17.8 Å². The first-order valence-corrected chi connectivity index (χ1v) is 24.3. The van der Waals surface area contributed by atoms with Crippen molar-refractivity contribution in [2.75, 3.05) is 20.1 Å². The molecule has 0 bridgehead atoms. The smallest absolute Gasteiger partial charge is 0.306 e. The monoisotopic (exact) mass is 955 g/mol. The summed E-state index contributed by atoms with van der Waals surface area (Å²) in [5.74, 6) is -4.41. The first kappa shape index (κ1) is 57.3. The van der Waals surface area contributed by atoms with E-state index in [-0.39, 0.29) is 56.4 Å². The highest BCUT2D eigenvalue weighted by Gasteiger charge is 2.44. The summed E-state index contributed by atoms with van der Waals surface area (Å²) in [7, 11) is 1.45. The largest absolute Gasteiger partial charge is 0.488 e.